The summed E-state index contributed by atoms with van der Waals surface area (Å²) in [6, 6.07) is 0. The lowest BCUT2D eigenvalue weighted by Crippen LogP contribution is -2.53. The van der Waals surface area contributed by atoms with Crippen molar-refractivity contribution in [1.82, 2.24) is 10.2 Å². The minimum absolute atomic E-state index is 0.0180. The summed E-state index contributed by atoms with van der Waals surface area (Å²) < 4.78 is 0. The first-order chi connectivity index (χ1) is 8.04. The SMILES string of the molecule is CC(CN1CCC(=O)NC(C)(C)C1=O)C(C)(C)C. The fourth-order valence-corrected chi connectivity index (χ4v) is 1.98. The number of nitrogens with one attached hydrogen (secondary N) is 1. The molecule has 0 radical (unpaired) electrons. The first kappa shape index (κ1) is 15.0. The Kier molecular flexibility index (Phi) is 4.08. The zero-order valence-corrected chi connectivity index (χ0v) is 12.5. The normalized spacial score (nSPS) is 22.4. The van der Waals surface area contributed by atoms with E-state index in [-0.39, 0.29) is 17.2 Å². The van der Waals surface area contributed by atoms with Crippen LogP contribution in [-0.2, 0) is 9.59 Å². The highest BCUT2D eigenvalue weighted by atomic mass is 16.2. The van der Waals surface area contributed by atoms with Crippen LogP contribution >= 0.6 is 0 Å². The molecular formula is C14H26N2O2. The zero-order chi connectivity index (χ0) is 14.1. The molecule has 0 bridgehead atoms. The average molecular weight is 254 g/mol. The lowest BCUT2D eigenvalue weighted by atomic mass is 9.81. The molecule has 2 amide bonds. The molecule has 1 rings (SSSR count). The summed E-state index contributed by atoms with van der Waals surface area (Å²) in [5.41, 5.74) is -0.626. The van der Waals surface area contributed by atoms with Crippen LogP contribution in [0.5, 0.6) is 0 Å². The number of carbonyl (C=O) groups excluding carboxylic acids is 2. The molecule has 4 heteroatoms. The number of rotatable bonds is 2. The third-order valence-electron chi connectivity index (χ3n) is 3.86. The summed E-state index contributed by atoms with van der Waals surface area (Å²) in [6.45, 7) is 13.5. The number of amides is 2. The Bertz CT molecular complexity index is 342. The van der Waals surface area contributed by atoms with Gasteiger partial charge in [-0.25, -0.2) is 0 Å². The van der Waals surface area contributed by atoms with Crippen molar-refractivity contribution in [3.8, 4) is 0 Å². The molecule has 1 aliphatic rings. The number of hydrogen-bond donors (Lipinski definition) is 1. The van der Waals surface area contributed by atoms with E-state index in [2.05, 4.69) is 33.0 Å². The molecule has 0 spiro atoms. The molecule has 104 valence electrons. The van der Waals surface area contributed by atoms with E-state index in [0.717, 1.165) is 0 Å². The van der Waals surface area contributed by atoms with E-state index in [1.54, 1.807) is 13.8 Å². The van der Waals surface area contributed by atoms with Crippen molar-refractivity contribution in [2.45, 2.75) is 53.5 Å². The fourth-order valence-electron chi connectivity index (χ4n) is 1.98. The first-order valence-electron chi connectivity index (χ1n) is 6.64. The van der Waals surface area contributed by atoms with Gasteiger partial charge in [0.15, 0.2) is 0 Å². The van der Waals surface area contributed by atoms with E-state index in [4.69, 9.17) is 0 Å². The molecule has 0 aliphatic carbocycles. The fraction of sp³-hybridized carbons (Fsp3) is 0.857. The van der Waals surface area contributed by atoms with Crippen LogP contribution in [0.1, 0.15) is 48.0 Å². The zero-order valence-electron chi connectivity index (χ0n) is 12.5. The summed E-state index contributed by atoms with van der Waals surface area (Å²) in [5, 5.41) is 2.78. The smallest absolute Gasteiger partial charge is 0.247 e. The Morgan fingerprint density at radius 1 is 1.33 bits per heavy atom. The Hall–Kier alpha value is -1.06. The maximum Gasteiger partial charge on any atom is 0.247 e. The summed E-state index contributed by atoms with van der Waals surface area (Å²) >= 11 is 0. The third-order valence-corrected chi connectivity index (χ3v) is 3.86. The maximum absolute atomic E-state index is 12.4. The molecule has 1 aliphatic heterocycles. The van der Waals surface area contributed by atoms with Crippen molar-refractivity contribution >= 4 is 11.8 Å². The highest BCUT2D eigenvalue weighted by molar-refractivity contribution is 5.92. The molecule has 1 saturated heterocycles. The molecule has 0 aromatic carbocycles. The van der Waals surface area contributed by atoms with Crippen LogP contribution in [0, 0.1) is 11.3 Å². The second-order valence-electron chi connectivity index (χ2n) is 6.94. The first-order valence-corrected chi connectivity index (χ1v) is 6.64. The van der Waals surface area contributed by atoms with Gasteiger partial charge in [0.25, 0.3) is 0 Å². The predicted octanol–water partition coefficient (Wildman–Crippen LogP) is 1.80. The van der Waals surface area contributed by atoms with Crippen molar-refractivity contribution in [3.63, 3.8) is 0 Å². The maximum atomic E-state index is 12.4. The Balaban J connectivity index is 2.82. The van der Waals surface area contributed by atoms with E-state index in [1.165, 1.54) is 0 Å². The minimum atomic E-state index is -0.787. The molecule has 0 aromatic heterocycles. The van der Waals surface area contributed by atoms with Crippen LogP contribution < -0.4 is 5.32 Å². The van der Waals surface area contributed by atoms with Crippen molar-refractivity contribution in [3.05, 3.63) is 0 Å². The van der Waals surface area contributed by atoms with Crippen LogP contribution in [0.2, 0.25) is 0 Å². The number of nitrogens with zero attached hydrogens (tertiary/aromatic N) is 1. The summed E-state index contributed by atoms with van der Waals surface area (Å²) in [6.07, 6.45) is 0.395. The highest BCUT2D eigenvalue weighted by Gasteiger charge is 2.37. The lowest BCUT2D eigenvalue weighted by Gasteiger charge is -2.35. The van der Waals surface area contributed by atoms with Gasteiger partial charge < -0.3 is 10.2 Å². The second-order valence-corrected chi connectivity index (χ2v) is 6.94. The molecule has 0 saturated carbocycles. The van der Waals surface area contributed by atoms with Gasteiger partial charge in [0.2, 0.25) is 11.8 Å². The highest BCUT2D eigenvalue weighted by Crippen LogP contribution is 2.27. The molecule has 1 atom stereocenters. The van der Waals surface area contributed by atoms with Gasteiger partial charge in [-0.3, -0.25) is 9.59 Å². The standard InChI is InChI=1S/C14H26N2O2/c1-10(13(2,3)4)9-16-8-7-11(17)15-14(5,6)12(16)18/h10H,7-9H2,1-6H3,(H,15,17). The molecule has 0 aromatic rings. The van der Waals surface area contributed by atoms with Crippen LogP contribution in [0.15, 0.2) is 0 Å². The van der Waals surface area contributed by atoms with Gasteiger partial charge in [-0.05, 0) is 25.2 Å². The van der Waals surface area contributed by atoms with Gasteiger partial charge in [-0.2, -0.15) is 0 Å². The van der Waals surface area contributed by atoms with Gasteiger partial charge >= 0.3 is 0 Å². The molecule has 1 fully saturated rings. The molecule has 1 unspecified atom stereocenters. The van der Waals surface area contributed by atoms with E-state index in [9.17, 15) is 9.59 Å². The summed E-state index contributed by atoms with van der Waals surface area (Å²) in [4.78, 5) is 25.8. The summed E-state index contributed by atoms with van der Waals surface area (Å²) in [5.74, 6) is 0.370. The monoisotopic (exact) mass is 254 g/mol. The molecule has 1 heterocycles. The van der Waals surface area contributed by atoms with Gasteiger partial charge in [0.1, 0.15) is 5.54 Å². The van der Waals surface area contributed by atoms with Crippen LogP contribution in [0.4, 0.5) is 0 Å². The Morgan fingerprint density at radius 2 is 1.89 bits per heavy atom. The van der Waals surface area contributed by atoms with E-state index < -0.39 is 5.54 Å². The van der Waals surface area contributed by atoms with Crippen molar-refractivity contribution < 1.29 is 9.59 Å². The minimum Gasteiger partial charge on any atom is -0.342 e. The van der Waals surface area contributed by atoms with E-state index in [0.29, 0.717) is 25.4 Å². The Morgan fingerprint density at radius 3 is 2.39 bits per heavy atom. The van der Waals surface area contributed by atoms with Crippen molar-refractivity contribution in [1.29, 1.82) is 0 Å². The molecule has 18 heavy (non-hydrogen) atoms. The Labute approximate surface area is 110 Å². The number of hydrogen-bond acceptors (Lipinski definition) is 2. The van der Waals surface area contributed by atoms with E-state index >= 15 is 0 Å². The average Bonchev–Trinajstić information content (AvgIpc) is 2.28. The van der Waals surface area contributed by atoms with Gasteiger partial charge in [-0.15, -0.1) is 0 Å². The van der Waals surface area contributed by atoms with E-state index in [1.807, 2.05) is 4.90 Å². The van der Waals surface area contributed by atoms with Crippen LogP contribution in [0.25, 0.3) is 0 Å². The van der Waals surface area contributed by atoms with Crippen LogP contribution in [-0.4, -0.2) is 35.3 Å². The molecule has 1 N–H and O–H groups in total. The van der Waals surface area contributed by atoms with Gasteiger partial charge in [0.05, 0.1) is 0 Å². The predicted molar refractivity (Wildman–Crippen MR) is 72.0 cm³/mol. The largest absolute Gasteiger partial charge is 0.342 e. The third kappa shape index (κ3) is 3.47. The topological polar surface area (TPSA) is 49.4 Å². The quantitative estimate of drug-likeness (QED) is 0.817. The molecular weight excluding hydrogens is 228 g/mol. The van der Waals surface area contributed by atoms with Gasteiger partial charge in [-0.1, -0.05) is 27.7 Å². The number of carbonyl (C=O) groups is 2. The summed E-state index contributed by atoms with van der Waals surface area (Å²) in [7, 11) is 0. The molecule has 4 nitrogen and oxygen atoms in total. The lowest BCUT2D eigenvalue weighted by molar-refractivity contribution is -0.138. The van der Waals surface area contributed by atoms with Crippen molar-refractivity contribution in [2.75, 3.05) is 13.1 Å². The van der Waals surface area contributed by atoms with Gasteiger partial charge in [0, 0.05) is 19.5 Å². The van der Waals surface area contributed by atoms with Crippen molar-refractivity contribution in [2.24, 2.45) is 11.3 Å². The van der Waals surface area contributed by atoms with Crippen LogP contribution in [0.3, 0.4) is 0 Å². The second kappa shape index (κ2) is 4.90.